The summed E-state index contributed by atoms with van der Waals surface area (Å²) in [5.74, 6) is 0.217. The zero-order valence-electron chi connectivity index (χ0n) is 8.04. The molecule has 0 fully saturated rings. The molecule has 14 heavy (non-hydrogen) atoms. The van der Waals surface area contributed by atoms with Crippen molar-refractivity contribution in [2.75, 3.05) is 0 Å². The van der Waals surface area contributed by atoms with Gasteiger partial charge in [0.2, 0.25) is 0 Å². The molecule has 0 bridgehead atoms. The Morgan fingerprint density at radius 2 is 2.07 bits per heavy atom. The average molecular weight is 210 g/mol. The van der Waals surface area contributed by atoms with Crippen molar-refractivity contribution in [3.63, 3.8) is 0 Å². The summed E-state index contributed by atoms with van der Waals surface area (Å²) in [6.45, 7) is 3.05. The molecule has 0 saturated carbocycles. The van der Waals surface area contributed by atoms with E-state index in [-0.39, 0.29) is 5.75 Å². The third-order valence-electron chi connectivity index (χ3n) is 2.12. The molecule has 74 valence electrons. The van der Waals surface area contributed by atoms with Crippen molar-refractivity contribution in [3.05, 3.63) is 29.1 Å². The van der Waals surface area contributed by atoms with Gasteiger partial charge >= 0.3 is 0 Å². The van der Waals surface area contributed by atoms with Crippen molar-refractivity contribution in [2.45, 2.75) is 19.5 Å². The first-order valence-electron chi connectivity index (χ1n) is 4.39. The van der Waals surface area contributed by atoms with E-state index in [0.717, 1.165) is 10.1 Å². The van der Waals surface area contributed by atoms with Crippen LogP contribution in [0.5, 0.6) is 5.75 Å². The lowest BCUT2D eigenvalue weighted by Gasteiger charge is -2.09. The lowest BCUT2D eigenvalue weighted by Crippen LogP contribution is -2.05. The Hall–Kier alpha value is -1.09. The van der Waals surface area contributed by atoms with Gasteiger partial charge in [0, 0.05) is 15.0 Å². The van der Waals surface area contributed by atoms with Gasteiger partial charge in [0.15, 0.2) is 0 Å². The third-order valence-corrected chi connectivity index (χ3v) is 3.52. The van der Waals surface area contributed by atoms with Crippen LogP contribution in [-0.4, -0.2) is 5.11 Å². The van der Waals surface area contributed by atoms with Gasteiger partial charge in [-0.05, 0) is 32.0 Å². The van der Waals surface area contributed by atoms with E-state index in [1.165, 1.54) is 25.2 Å². The summed E-state index contributed by atoms with van der Waals surface area (Å²) in [5, 5.41) is 10.3. The molecular formula is C11H11FOS. The molecule has 0 spiro atoms. The van der Waals surface area contributed by atoms with Crippen LogP contribution >= 0.6 is 11.3 Å². The fourth-order valence-corrected chi connectivity index (χ4v) is 2.41. The summed E-state index contributed by atoms with van der Waals surface area (Å²) in [6, 6.07) is 6.98. The fraction of sp³-hybridized carbons (Fsp3) is 0.273. The Morgan fingerprint density at radius 1 is 1.36 bits per heavy atom. The number of phenolic OH excluding ortho intramolecular Hbond substituents is 1. The smallest absolute Gasteiger partial charge is 0.139 e. The van der Waals surface area contributed by atoms with Gasteiger partial charge in [-0.2, -0.15) is 0 Å². The second kappa shape index (κ2) is 2.95. The van der Waals surface area contributed by atoms with E-state index in [1.54, 1.807) is 18.2 Å². The second-order valence-corrected chi connectivity index (χ2v) is 4.86. The molecular weight excluding hydrogens is 199 g/mol. The average Bonchev–Trinajstić information content (AvgIpc) is 2.48. The Bertz CT molecular complexity index is 468. The van der Waals surface area contributed by atoms with E-state index in [0.29, 0.717) is 4.88 Å². The standard InChI is InChI=1S/C11H11FOS/c1-11(2,12)10-6-7-8(13)4-3-5-9(7)14-10/h3-6,13H,1-2H3. The van der Waals surface area contributed by atoms with E-state index in [2.05, 4.69) is 0 Å². The molecule has 1 N–H and O–H groups in total. The third kappa shape index (κ3) is 1.48. The lowest BCUT2D eigenvalue weighted by atomic mass is 10.1. The topological polar surface area (TPSA) is 20.2 Å². The second-order valence-electron chi connectivity index (χ2n) is 3.77. The molecule has 0 aliphatic heterocycles. The Labute approximate surface area is 85.8 Å². The van der Waals surface area contributed by atoms with Crippen LogP contribution in [0.25, 0.3) is 10.1 Å². The molecule has 2 aromatic rings. The number of aromatic hydroxyl groups is 1. The number of hydrogen-bond acceptors (Lipinski definition) is 2. The van der Waals surface area contributed by atoms with Crippen molar-refractivity contribution < 1.29 is 9.50 Å². The Balaban J connectivity index is 2.69. The monoisotopic (exact) mass is 210 g/mol. The molecule has 3 heteroatoms. The maximum Gasteiger partial charge on any atom is 0.139 e. The summed E-state index contributed by atoms with van der Waals surface area (Å²) >= 11 is 1.38. The van der Waals surface area contributed by atoms with Gasteiger partial charge in [0.05, 0.1) is 0 Å². The zero-order chi connectivity index (χ0) is 10.3. The normalized spacial score (nSPS) is 12.2. The minimum absolute atomic E-state index is 0.217. The van der Waals surface area contributed by atoms with Crippen molar-refractivity contribution in [1.29, 1.82) is 0 Å². The summed E-state index contributed by atoms with van der Waals surface area (Å²) in [7, 11) is 0. The first-order chi connectivity index (χ1) is 6.48. The van der Waals surface area contributed by atoms with E-state index < -0.39 is 5.67 Å². The highest BCUT2D eigenvalue weighted by atomic mass is 32.1. The molecule has 0 aliphatic carbocycles. The Kier molecular flexibility index (Phi) is 2.00. The van der Waals surface area contributed by atoms with Gasteiger partial charge in [-0.15, -0.1) is 11.3 Å². The fourth-order valence-electron chi connectivity index (χ4n) is 1.34. The van der Waals surface area contributed by atoms with Gasteiger partial charge < -0.3 is 5.11 Å². The summed E-state index contributed by atoms with van der Waals surface area (Å²) in [6.07, 6.45) is 0. The number of phenols is 1. The van der Waals surface area contributed by atoms with Crippen LogP contribution in [0.1, 0.15) is 18.7 Å². The molecule has 0 aliphatic rings. The minimum Gasteiger partial charge on any atom is -0.507 e. The molecule has 1 aromatic carbocycles. The van der Waals surface area contributed by atoms with Crippen molar-refractivity contribution in [3.8, 4) is 5.75 Å². The highest BCUT2D eigenvalue weighted by Crippen LogP contribution is 2.38. The number of rotatable bonds is 1. The summed E-state index contributed by atoms with van der Waals surface area (Å²) in [5.41, 5.74) is -1.34. The molecule has 1 aromatic heterocycles. The van der Waals surface area contributed by atoms with Crippen LogP contribution in [-0.2, 0) is 5.67 Å². The van der Waals surface area contributed by atoms with E-state index in [9.17, 15) is 9.50 Å². The number of alkyl halides is 1. The number of halogens is 1. The van der Waals surface area contributed by atoms with Crippen molar-refractivity contribution in [1.82, 2.24) is 0 Å². The maximum absolute atomic E-state index is 13.6. The van der Waals surface area contributed by atoms with Crippen LogP contribution in [0.15, 0.2) is 24.3 Å². The summed E-state index contributed by atoms with van der Waals surface area (Å²) in [4.78, 5) is 0.647. The van der Waals surface area contributed by atoms with Crippen molar-refractivity contribution >= 4 is 21.4 Å². The van der Waals surface area contributed by atoms with E-state index >= 15 is 0 Å². The van der Waals surface area contributed by atoms with Crippen LogP contribution in [0.3, 0.4) is 0 Å². The minimum atomic E-state index is -1.34. The quantitative estimate of drug-likeness (QED) is 0.758. The number of hydrogen-bond donors (Lipinski definition) is 1. The van der Waals surface area contributed by atoms with Crippen LogP contribution < -0.4 is 0 Å². The molecule has 0 radical (unpaired) electrons. The summed E-state index contributed by atoms with van der Waals surface area (Å²) < 4.78 is 14.5. The number of thiophene rings is 1. The van der Waals surface area contributed by atoms with Crippen LogP contribution in [0.2, 0.25) is 0 Å². The van der Waals surface area contributed by atoms with Gasteiger partial charge in [0.25, 0.3) is 0 Å². The molecule has 2 rings (SSSR count). The van der Waals surface area contributed by atoms with Crippen LogP contribution in [0.4, 0.5) is 4.39 Å². The maximum atomic E-state index is 13.6. The molecule has 0 amide bonds. The highest BCUT2D eigenvalue weighted by molar-refractivity contribution is 7.19. The predicted molar refractivity (Wildman–Crippen MR) is 57.6 cm³/mol. The molecule has 0 saturated heterocycles. The van der Waals surface area contributed by atoms with E-state index in [4.69, 9.17) is 0 Å². The van der Waals surface area contributed by atoms with Gasteiger partial charge in [-0.25, -0.2) is 4.39 Å². The largest absolute Gasteiger partial charge is 0.507 e. The zero-order valence-corrected chi connectivity index (χ0v) is 8.86. The van der Waals surface area contributed by atoms with Gasteiger partial charge in [-0.1, -0.05) is 6.07 Å². The highest BCUT2D eigenvalue weighted by Gasteiger charge is 2.21. The van der Waals surface area contributed by atoms with E-state index in [1.807, 2.05) is 6.07 Å². The van der Waals surface area contributed by atoms with Crippen molar-refractivity contribution in [2.24, 2.45) is 0 Å². The molecule has 0 atom stereocenters. The molecule has 1 heterocycles. The molecule has 0 unspecified atom stereocenters. The SMILES string of the molecule is CC(C)(F)c1cc2c(O)cccc2s1. The first kappa shape index (κ1) is 9.46. The number of benzene rings is 1. The predicted octanol–water partition coefficient (Wildman–Crippen LogP) is 3.81. The van der Waals surface area contributed by atoms with Gasteiger partial charge in [0.1, 0.15) is 11.4 Å². The Morgan fingerprint density at radius 3 is 2.64 bits per heavy atom. The number of fused-ring (bicyclic) bond motifs is 1. The van der Waals surface area contributed by atoms with Gasteiger partial charge in [-0.3, -0.25) is 0 Å². The lowest BCUT2D eigenvalue weighted by molar-refractivity contribution is 0.227. The van der Waals surface area contributed by atoms with Crippen LogP contribution in [0, 0.1) is 0 Å². The first-order valence-corrected chi connectivity index (χ1v) is 5.21. The molecule has 1 nitrogen and oxygen atoms in total.